The van der Waals surface area contributed by atoms with Crippen molar-refractivity contribution in [2.24, 2.45) is 0 Å². The maximum absolute atomic E-state index is 11.4. The lowest BCUT2D eigenvalue weighted by Crippen LogP contribution is -2.32. The number of carboxylic acid groups (broad SMARTS) is 1. The van der Waals surface area contributed by atoms with Crippen LogP contribution in [0, 0.1) is 0 Å². The fourth-order valence-corrected chi connectivity index (χ4v) is 1.68. The Labute approximate surface area is 96.5 Å². The number of aromatic nitrogens is 2. The normalized spacial score (nSPS) is 13.1. The third-order valence-corrected chi connectivity index (χ3v) is 3.52. The van der Waals surface area contributed by atoms with Crippen molar-refractivity contribution >= 4 is 33.4 Å². The number of aliphatic carboxylic acids is 1. The highest BCUT2D eigenvalue weighted by Gasteiger charge is 2.27. The largest absolute Gasteiger partial charge is 0.480 e. The second-order valence-corrected chi connectivity index (χ2v) is 5.26. The number of sulfonamides is 1. The van der Waals surface area contributed by atoms with Gasteiger partial charge in [0.2, 0.25) is 10.0 Å². The summed E-state index contributed by atoms with van der Waals surface area (Å²) in [6.45, 7) is 1.05. The van der Waals surface area contributed by atoms with E-state index in [-0.39, 0.29) is 11.0 Å². The summed E-state index contributed by atoms with van der Waals surface area (Å²) < 4.78 is 24.9. The van der Waals surface area contributed by atoms with Crippen LogP contribution in [0.1, 0.15) is 6.92 Å². The Bertz CT molecular complexity index is 487. The van der Waals surface area contributed by atoms with Crippen LogP contribution in [0.15, 0.2) is 12.1 Å². The summed E-state index contributed by atoms with van der Waals surface area (Å²) in [5, 5.41) is 13.9. The van der Waals surface area contributed by atoms with Gasteiger partial charge in [0.25, 0.3) is 0 Å². The molecule has 0 saturated carbocycles. The monoisotopic (exact) mass is 265 g/mol. The van der Waals surface area contributed by atoms with E-state index in [0.717, 1.165) is 6.92 Å². The van der Waals surface area contributed by atoms with E-state index >= 15 is 0 Å². The summed E-state index contributed by atoms with van der Waals surface area (Å²) in [6.07, 6.45) is 0. The van der Waals surface area contributed by atoms with Crippen LogP contribution in [0.5, 0.6) is 0 Å². The van der Waals surface area contributed by atoms with E-state index in [1.807, 2.05) is 4.72 Å². The van der Waals surface area contributed by atoms with Crippen molar-refractivity contribution in [3.8, 4) is 0 Å². The van der Waals surface area contributed by atoms with Gasteiger partial charge in [-0.2, -0.15) is 0 Å². The number of hydrogen-bond donors (Lipinski definition) is 2. The Morgan fingerprint density at radius 2 is 2.12 bits per heavy atom. The van der Waals surface area contributed by atoms with Gasteiger partial charge in [0.1, 0.15) is 0 Å². The van der Waals surface area contributed by atoms with Gasteiger partial charge in [-0.15, -0.1) is 10.2 Å². The molecule has 16 heavy (non-hydrogen) atoms. The van der Waals surface area contributed by atoms with Gasteiger partial charge in [-0.3, -0.25) is 9.52 Å². The van der Waals surface area contributed by atoms with Crippen LogP contribution in [0.4, 0.5) is 5.82 Å². The standard InChI is InChI=1S/C7H8ClN3O4S/c1-4(7(12)13)16(14,15)11-6-3-2-5(8)9-10-6/h2-4H,1H3,(H,10,11)(H,12,13). The average molecular weight is 266 g/mol. The Morgan fingerprint density at radius 3 is 2.56 bits per heavy atom. The van der Waals surface area contributed by atoms with Crippen LogP contribution < -0.4 is 4.72 Å². The number of carboxylic acids is 1. The minimum Gasteiger partial charge on any atom is -0.480 e. The SMILES string of the molecule is CC(C(=O)O)S(=O)(=O)Nc1ccc(Cl)nn1. The number of halogens is 1. The molecular formula is C7H8ClN3O4S. The number of carbonyl (C=O) groups is 1. The Kier molecular flexibility index (Phi) is 3.66. The van der Waals surface area contributed by atoms with Crippen LogP contribution in [0.2, 0.25) is 5.15 Å². The van der Waals surface area contributed by atoms with Gasteiger partial charge < -0.3 is 5.11 Å². The Hall–Kier alpha value is -1.41. The highest BCUT2D eigenvalue weighted by molar-refractivity contribution is 7.94. The lowest BCUT2D eigenvalue weighted by atomic mass is 10.5. The molecule has 1 aromatic heterocycles. The summed E-state index contributed by atoms with van der Waals surface area (Å²) in [4.78, 5) is 10.5. The third kappa shape index (κ3) is 3.04. The molecule has 1 rings (SSSR count). The summed E-state index contributed by atoms with van der Waals surface area (Å²) in [6, 6.07) is 2.61. The summed E-state index contributed by atoms with van der Waals surface area (Å²) in [5.41, 5.74) is 0. The minimum absolute atomic E-state index is 0.0856. The predicted octanol–water partition coefficient (Wildman–Crippen LogP) is 0.345. The molecule has 1 heterocycles. The quantitative estimate of drug-likeness (QED) is 0.813. The van der Waals surface area contributed by atoms with E-state index in [0.29, 0.717) is 0 Å². The van der Waals surface area contributed by atoms with Gasteiger partial charge in [-0.05, 0) is 19.1 Å². The molecule has 0 spiro atoms. The predicted molar refractivity (Wildman–Crippen MR) is 56.7 cm³/mol. The molecule has 0 aliphatic heterocycles. The molecule has 0 bridgehead atoms. The number of rotatable bonds is 4. The molecule has 7 nitrogen and oxygen atoms in total. The number of anilines is 1. The molecule has 0 aliphatic rings. The van der Waals surface area contributed by atoms with Crippen molar-refractivity contribution in [1.29, 1.82) is 0 Å². The molecule has 0 aliphatic carbocycles. The van der Waals surface area contributed by atoms with E-state index in [9.17, 15) is 13.2 Å². The Morgan fingerprint density at radius 1 is 1.50 bits per heavy atom. The van der Waals surface area contributed by atoms with Gasteiger partial charge in [0.05, 0.1) is 0 Å². The molecule has 1 unspecified atom stereocenters. The van der Waals surface area contributed by atoms with Crippen LogP contribution in [-0.2, 0) is 14.8 Å². The minimum atomic E-state index is -4.02. The first kappa shape index (κ1) is 12.7. The molecule has 2 N–H and O–H groups in total. The maximum atomic E-state index is 11.4. The lowest BCUT2D eigenvalue weighted by Gasteiger charge is -2.09. The Balaban J connectivity index is 2.89. The topological polar surface area (TPSA) is 109 Å². The molecule has 0 radical (unpaired) electrons. The van der Waals surface area contributed by atoms with Gasteiger partial charge in [0.15, 0.2) is 16.2 Å². The molecular weight excluding hydrogens is 258 g/mol. The zero-order valence-corrected chi connectivity index (χ0v) is 9.66. The van der Waals surface area contributed by atoms with E-state index in [1.165, 1.54) is 12.1 Å². The summed E-state index contributed by atoms with van der Waals surface area (Å²) in [5.74, 6) is -1.54. The molecule has 1 atom stereocenters. The van der Waals surface area contributed by atoms with E-state index < -0.39 is 21.2 Å². The van der Waals surface area contributed by atoms with Gasteiger partial charge in [-0.1, -0.05) is 11.6 Å². The first-order valence-electron chi connectivity index (χ1n) is 4.06. The molecule has 0 fully saturated rings. The second kappa shape index (κ2) is 4.62. The van der Waals surface area contributed by atoms with E-state index in [2.05, 4.69) is 10.2 Å². The first-order valence-corrected chi connectivity index (χ1v) is 5.99. The molecule has 9 heteroatoms. The van der Waals surface area contributed by atoms with Crippen LogP contribution in [0.25, 0.3) is 0 Å². The number of nitrogens with one attached hydrogen (secondary N) is 1. The number of nitrogens with zero attached hydrogens (tertiary/aromatic N) is 2. The first-order chi connectivity index (χ1) is 7.33. The smallest absolute Gasteiger partial charge is 0.323 e. The van der Waals surface area contributed by atoms with Crippen molar-refractivity contribution in [2.75, 3.05) is 4.72 Å². The van der Waals surface area contributed by atoms with Gasteiger partial charge in [0, 0.05) is 0 Å². The van der Waals surface area contributed by atoms with Crippen molar-refractivity contribution in [3.05, 3.63) is 17.3 Å². The van der Waals surface area contributed by atoms with E-state index in [4.69, 9.17) is 16.7 Å². The highest BCUT2D eigenvalue weighted by atomic mass is 35.5. The lowest BCUT2D eigenvalue weighted by molar-refractivity contribution is -0.136. The molecule has 0 aromatic carbocycles. The van der Waals surface area contributed by atoms with Gasteiger partial charge >= 0.3 is 5.97 Å². The summed E-state index contributed by atoms with van der Waals surface area (Å²) >= 11 is 5.45. The average Bonchev–Trinajstić information content (AvgIpc) is 2.20. The van der Waals surface area contributed by atoms with Crippen LogP contribution >= 0.6 is 11.6 Å². The van der Waals surface area contributed by atoms with Gasteiger partial charge in [-0.25, -0.2) is 8.42 Å². The zero-order chi connectivity index (χ0) is 12.3. The van der Waals surface area contributed by atoms with Crippen LogP contribution in [0.3, 0.4) is 0 Å². The molecule has 1 aromatic rings. The van der Waals surface area contributed by atoms with Crippen molar-refractivity contribution in [2.45, 2.75) is 12.2 Å². The summed E-state index contributed by atoms with van der Waals surface area (Å²) in [7, 11) is -4.02. The zero-order valence-electron chi connectivity index (χ0n) is 8.08. The molecule has 0 saturated heterocycles. The van der Waals surface area contributed by atoms with Crippen molar-refractivity contribution in [1.82, 2.24) is 10.2 Å². The third-order valence-electron chi connectivity index (χ3n) is 1.69. The van der Waals surface area contributed by atoms with E-state index in [1.54, 1.807) is 0 Å². The molecule has 88 valence electrons. The van der Waals surface area contributed by atoms with Crippen molar-refractivity contribution < 1.29 is 18.3 Å². The number of hydrogen-bond acceptors (Lipinski definition) is 5. The highest BCUT2D eigenvalue weighted by Crippen LogP contribution is 2.10. The fraction of sp³-hybridized carbons (Fsp3) is 0.286. The van der Waals surface area contributed by atoms with Crippen LogP contribution in [-0.4, -0.2) is 34.9 Å². The maximum Gasteiger partial charge on any atom is 0.323 e. The van der Waals surface area contributed by atoms with Crippen molar-refractivity contribution in [3.63, 3.8) is 0 Å². The molecule has 0 amide bonds. The second-order valence-electron chi connectivity index (χ2n) is 2.87. The fourth-order valence-electron chi connectivity index (χ4n) is 0.737.